The Morgan fingerprint density at radius 3 is 2.04 bits per heavy atom. The molecule has 0 saturated heterocycles. The molecule has 0 nitrogen and oxygen atoms in total. The Bertz CT molecular complexity index is 705. The van der Waals surface area contributed by atoms with E-state index in [1.165, 1.54) is 49.8 Å². The zero-order valence-corrected chi connectivity index (χ0v) is 14.9. The highest BCUT2D eigenvalue weighted by molar-refractivity contribution is 5.64. The highest BCUT2D eigenvalue weighted by Crippen LogP contribution is 2.38. The summed E-state index contributed by atoms with van der Waals surface area (Å²) < 4.78 is 40.6. The molecule has 0 heterocycles. The van der Waals surface area contributed by atoms with Gasteiger partial charge in [0.25, 0.3) is 5.92 Å². The molecule has 1 aliphatic carbocycles. The van der Waals surface area contributed by atoms with E-state index in [-0.39, 0.29) is 0 Å². The van der Waals surface area contributed by atoms with E-state index in [1.807, 2.05) is 12.1 Å². The second-order valence-electron chi connectivity index (χ2n) is 7.33. The van der Waals surface area contributed by atoms with E-state index in [1.54, 1.807) is 6.07 Å². The van der Waals surface area contributed by atoms with Gasteiger partial charge in [-0.05, 0) is 66.3 Å². The van der Waals surface area contributed by atoms with E-state index >= 15 is 0 Å². The number of halogens is 3. The largest absolute Gasteiger partial charge is 0.273 e. The fourth-order valence-corrected chi connectivity index (χ4v) is 3.90. The van der Waals surface area contributed by atoms with Crippen LogP contribution < -0.4 is 0 Å². The Morgan fingerprint density at radius 1 is 0.920 bits per heavy atom. The van der Waals surface area contributed by atoms with Gasteiger partial charge < -0.3 is 0 Å². The molecule has 3 rings (SSSR count). The maximum atomic E-state index is 14.0. The van der Waals surface area contributed by atoms with Gasteiger partial charge in [-0.3, -0.25) is 0 Å². The Morgan fingerprint density at radius 2 is 1.52 bits per heavy atom. The van der Waals surface area contributed by atoms with Crippen molar-refractivity contribution in [1.82, 2.24) is 0 Å². The predicted octanol–water partition coefficient (Wildman–Crippen LogP) is 7.29. The molecule has 0 spiro atoms. The van der Waals surface area contributed by atoms with E-state index < -0.39 is 17.3 Å². The van der Waals surface area contributed by atoms with Gasteiger partial charge in [-0.1, -0.05) is 43.7 Å². The van der Waals surface area contributed by atoms with Crippen LogP contribution in [0, 0.1) is 11.7 Å². The molecule has 1 aliphatic rings. The van der Waals surface area contributed by atoms with E-state index in [9.17, 15) is 13.2 Å². The number of rotatable bonds is 4. The third kappa shape index (κ3) is 4.08. The van der Waals surface area contributed by atoms with Crippen molar-refractivity contribution in [2.75, 3.05) is 0 Å². The Kier molecular flexibility index (Phi) is 5.21. The van der Waals surface area contributed by atoms with Crippen molar-refractivity contribution in [2.45, 2.75) is 57.8 Å². The molecule has 0 amide bonds. The van der Waals surface area contributed by atoms with Crippen molar-refractivity contribution in [3.63, 3.8) is 0 Å². The van der Waals surface area contributed by atoms with Crippen molar-refractivity contribution in [3.05, 3.63) is 59.4 Å². The first-order valence-corrected chi connectivity index (χ1v) is 9.16. The van der Waals surface area contributed by atoms with Gasteiger partial charge in [-0.25, -0.2) is 13.2 Å². The molecule has 0 aliphatic heterocycles. The SMILES string of the molecule is CCC1CCC(c2ccc(-c3ccc(C(C)(F)F)c(F)c3)cc2)CC1. The average molecular weight is 346 g/mol. The smallest absolute Gasteiger partial charge is 0.206 e. The van der Waals surface area contributed by atoms with E-state index in [0.717, 1.165) is 11.5 Å². The van der Waals surface area contributed by atoms with Gasteiger partial charge in [0, 0.05) is 6.92 Å². The van der Waals surface area contributed by atoms with E-state index in [2.05, 4.69) is 19.1 Å². The quantitative estimate of drug-likeness (QED) is 0.545. The fraction of sp³-hybridized carbons (Fsp3) is 0.455. The summed E-state index contributed by atoms with van der Waals surface area (Å²) in [7, 11) is 0. The minimum Gasteiger partial charge on any atom is -0.206 e. The van der Waals surface area contributed by atoms with Crippen LogP contribution in [-0.2, 0) is 5.92 Å². The molecular formula is C22H25F3. The predicted molar refractivity (Wildman–Crippen MR) is 96.4 cm³/mol. The average Bonchev–Trinajstić information content (AvgIpc) is 2.61. The first-order valence-electron chi connectivity index (χ1n) is 9.16. The van der Waals surface area contributed by atoms with Crippen LogP contribution >= 0.6 is 0 Å². The summed E-state index contributed by atoms with van der Waals surface area (Å²) in [5.74, 6) is -2.54. The molecule has 0 unspecified atom stereocenters. The third-order valence-electron chi connectivity index (χ3n) is 5.58. The zero-order chi connectivity index (χ0) is 18.0. The zero-order valence-electron chi connectivity index (χ0n) is 14.9. The summed E-state index contributed by atoms with van der Waals surface area (Å²) >= 11 is 0. The normalized spacial score (nSPS) is 21.3. The maximum absolute atomic E-state index is 14.0. The molecule has 134 valence electrons. The van der Waals surface area contributed by atoms with Crippen LogP contribution in [0.2, 0.25) is 0 Å². The van der Waals surface area contributed by atoms with Crippen molar-refractivity contribution in [1.29, 1.82) is 0 Å². The molecule has 1 fully saturated rings. The Hall–Kier alpha value is -1.77. The van der Waals surface area contributed by atoms with Gasteiger partial charge in [0.05, 0.1) is 5.56 Å². The van der Waals surface area contributed by atoms with Crippen LogP contribution in [0.5, 0.6) is 0 Å². The van der Waals surface area contributed by atoms with E-state index in [4.69, 9.17) is 0 Å². The third-order valence-corrected chi connectivity index (χ3v) is 5.58. The monoisotopic (exact) mass is 346 g/mol. The minimum atomic E-state index is -3.16. The highest BCUT2D eigenvalue weighted by atomic mass is 19.3. The number of alkyl halides is 2. The lowest BCUT2D eigenvalue weighted by Gasteiger charge is -2.28. The second-order valence-corrected chi connectivity index (χ2v) is 7.33. The summed E-state index contributed by atoms with van der Waals surface area (Å²) in [6, 6.07) is 12.1. The van der Waals surface area contributed by atoms with Crippen molar-refractivity contribution in [2.24, 2.45) is 5.92 Å². The van der Waals surface area contributed by atoms with Crippen LogP contribution in [0.15, 0.2) is 42.5 Å². The highest BCUT2D eigenvalue weighted by Gasteiger charge is 2.28. The van der Waals surface area contributed by atoms with Crippen molar-refractivity contribution >= 4 is 0 Å². The van der Waals surface area contributed by atoms with Gasteiger partial charge in [0.1, 0.15) is 5.82 Å². The fourth-order valence-electron chi connectivity index (χ4n) is 3.90. The lowest BCUT2D eigenvalue weighted by atomic mass is 9.77. The van der Waals surface area contributed by atoms with Gasteiger partial charge >= 0.3 is 0 Å². The van der Waals surface area contributed by atoms with Crippen LogP contribution in [0.25, 0.3) is 11.1 Å². The Labute approximate surface area is 148 Å². The summed E-state index contributed by atoms with van der Waals surface area (Å²) in [6.07, 6.45) is 6.31. The molecule has 0 aromatic heterocycles. The molecule has 25 heavy (non-hydrogen) atoms. The van der Waals surface area contributed by atoms with Gasteiger partial charge in [-0.15, -0.1) is 0 Å². The maximum Gasteiger partial charge on any atom is 0.273 e. The van der Waals surface area contributed by atoms with E-state index in [0.29, 0.717) is 18.4 Å². The Balaban J connectivity index is 1.76. The molecule has 2 aromatic rings. The van der Waals surface area contributed by atoms with Crippen LogP contribution in [-0.4, -0.2) is 0 Å². The molecule has 2 aromatic carbocycles. The number of hydrogen-bond acceptors (Lipinski definition) is 0. The molecule has 0 atom stereocenters. The summed E-state index contributed by atoms with van der Waals surface area (Å²) in [5.41, 5.74) is 2.26. The lowest BCUT2D eigenvalue weighted by Crippen LogP contribution is -2.12. The lowest BCUT2D eigenvalue weighted by molar-refractivity contribution is 0.0138. The summed E-state index contributed by atoms with van der Waals surface area (Å²) in [5, 5.41) is 0. The standard InChI is InChI=1S/C22H25F3/c1-3-15-4-6-16(7-5-15)17-8-10-18(11-9-17)19-12-13-20(21(23)14-19)22(2,24)25/h8-16H,3-7H2,1-2H3. The summed E-state index contributed by atoms with van der Waals surface area (Å²) in [4.78, 5) is 0. The minimum absolute atomic E-state index is 0.555. The number of hydrogen-bond donors (Lipinski definition) is 0. The van der Waals surface area contributed by atoms with Crippen molar-refractivity contribution < 1.29 is 13.2 Å². The molecule has 3 heteroatoms. The molecule has 0 bridgehead atoms. The van der Waals surface area contributed by atoms with Gasteiger partial charge in [0.15, 0.2) is 0 Å². The topological polar surface area (TPSA) is 0 Å². The van der Waals surface area contributed by atoms with Crippen molar-refractivity contribution in [3.8, 4) is 11.1 Å². The second kappa shape index (κ2) is 7.23. The molecular weight excluding hydrogens is 321 g/mol. The molecule has 0 radical (unpaired) electrons. The van der Waals surface area contributed by atoms with Gasteiger partial charge in [-0.2, -0.15) is 0 Å². The van der Waals surface area contributed by atoms with Crippen LogP contribution in [0.1, 0.15) is 63.0 Å². The molecule has 0 N–H and O–H groups in total. The first-order chi connectivity index (χ1) is 11.9. The molecule has 1 saturated carbocycles. The first kappa shape index (κ1) is 18.0. The van der Waals surface area contributed by atoms with Crippen LogP contribution in [0.4, 0.5) is 13.2 Å². The van der Waals surface area contributed by atoms with Crippen LogP contribution in [0.3, 0.4) is 0 Å². The summed E-state index contributed by atoms with van der Waals surface area (Å²) in [6.45, 7) is 2.98. The number of benzene rings is 2. The van der Waals surface area contributed by atoms with Gasteiger partial charge in [0.2, 0.25) is 0 Å².